The van der Waals surface area contributed by atoms with Gasteiger partial charge in [-0.15, -0.1) is 0 Å². The lowest BCUT2D eigenvalue weighted by atomic mass is 9.77. The van der Waals surface area contributed by atoms with Crippen LogP contribution in [0.3, 0.4) is 0 Å². The van der Waals surface area contributed by atoms with Gasteiger partial charge in [-0.2, -0.15) is 11.8 Å². The van der Waals surface area contributed by atoms with Gasteiger partial charge < -0.3 is 9.84 Å². The lowest BCUT2D eigenvalue weighted by Crippen LogP contribution is -2.29. The Morgan fingerprint density at radius 2 is 1.62 bits per heavy atom. The highest BCUT2D eigenvalue weighted by molar-refractivity contribution is 7.99. The van der Waals surface area contributed by atoms with Crippen molar-refractivity contribution in [1.29, 1.82) is 0 Å². The second kappa shape index (κ2) is 9.47. The zero-order chi connectivity index (χ0) is 16.8. The Hall–Kier alpha value is -0.220. The van der Waals surface area contributed by atoms with E-state index in [2.05, 4.69) is 11.8 Å². The smallest absolute Gasteiger partial charge is 0.303 e. The quantitative estimate of drug-likeness (QED) is 0.543. The van der Waals surface area contributed by atoms with E-state index in [0.29, 0.717) is 18.6 Å². The van der Waals surface area contributed by atoms with E-state index in [1.165, 1.54) is 70.0 Å². The van der Waals surface area contributed by atoms with Gasteiger partial charge in [-0.25, -0.2) is 0 Å². The van der Waals surface area contributed by atoms with Gasteiger partial charge in [0.25, 0.3) is 0 Å². The molecule has 3 nitrogen and oxygen atoms in total. The predicted molar refractivity (Wildman–Crippen MR) is 99.5 cm³/mol. The number of rotatable bonds is 10. The normalized spacial score (nSPS) is 33.2. The van der Waals surface area contributed by atoms with E-state index in [0.717, 1.165) is 29.9 Å². The average molecular weight is 355 g/mol. The molecular formula is C20H34O3S. The minimum Gasteiger partial charge on any atom is -0.481 e. The van der Waals surface area contributed by atoms with Gasteiger partial charge in [0.15, 0.2) is 0 Å². The molecule has 0 aromatic carbocycles. The molecule has 24 heavy (non-hydrogen) atoms. The van der Waals surface area contributed by atoms with Gasteiger partial charge in [-0.1, -0.05) is 38.5 Å². The van der Waals surface area contributed by atoms with Crippen molar-refractivity contribution in [2.24, 2.45) is 11.8 Å². The summed E-state index contributed by atoms with van der Waals surface area (Å²) in [5.41, 5.74) is 0. The summed E-state index contributed by atoms with van der Waals surface area (Å²) in [5, 5.41) is 9.61. The maximum Gasteiger partial charge on any atom is 0.303 e. The van der Waals surface area contributed by atoms with Crippen LogP contribution < -0.4 is 0 Å². The summed E-state index contributed by atoms with van der Waals surface area (Å²) in [4.78, 5) is 10.6. The van der Waals surface area contributed by atoms with Gasteiger partial charge in [0.05, 0.1) is 12.2 Å². The zero-order valence-corrected chi connectivity index (χ0v) is 15.8. The molecule has 2 heterocycles. The minimum absolute atomic E-state index is 0.331. The van der Waals surface area contributed by atoms with Crippen molar-refractivity contribution in [3.05, 3.63) is 0 Å². The highest BCUT2D eigenvalue weighted by Crippen LogP contribution is 2.47. The topological polar surface area (TPSA) is 46.5 Å². The molecule has 2 saturated heterocycles. The fraction of sp³-hybridized carbons (Fsp3) is 0.950. The minimum atomic E-state index is -0.656. The fourth-order valence-electron chi connectivity index (χ4n) is 4.99. The number of carbonyl (C=O) groups is 1. The van der Waals surface area contributed by atoms with Gasteiger partial charge >= 0.3 is 5.97 Å². The largest absolute Gasteiger partial charge is 0.481 e. The molecule has 138 valence electrons. The van der Waals surface area contributed by atoms with E-state index in [4.69, 9.17) is 9.84 Å². The van der Waals surface area contributed by atoms with E-state index in [-0.39, 0.29) is 0 Å². The van der Waals surface area contributed by atoms with E-state index >= 15 is 0 Å². The molecule has 0 spiro atoms. The fourth-order valence-corrected chi connectivity index (χ4v) is 6.61. The Labute approximate surface area is 151 Å². The Bertz CT molecular complexity index is 394. The number of carboxylic acids is 1. The molecule has 1 N–H and O–H groups in total. The molecule has 0 radical (unpaired) electrons. The molecule has 1 saturated carbocycles. The first-order valence-electron chi connectivity index (χ1n) is 10.2. The molecule has 0 aromatic rings. The third-order valence-corrected chi connectivity index (χ3v) is 7.87. The highest BCUT2D eigenvalue weighted by atomic mass is 32.2. The van der Waals surface area contributed by atoms with Gasteiger partial charge in [0.1, 0.15) is 0 Å². The number of unbranched alkanes of at least 4 members (excludes halogenated alkanes) is 3. The van der Waals surface area contributed by atoms with Crippen molar-refractivity contribution in [1.82, 2.24) is 0 Å². The number of thioether (sulfide) groups is 1. The molecule has 0 aromatic heterocycles. The molecule has 2 bridgehead atoms. The molecular weight excluding hydrogens is 320 g/mol. The Morgan fingerprint density at radius 3 is 2.38 bits per heavy atom. The number of hydrogen-bond acceptors (Lipinski definition) is 3. The third kappa shape index (κ3) is 5.14. The lowest BCUT2D eigenvalue weighted by Gasteiger charge is -2.30. The zero-order valence-electron chi connectivity index (χ0n) is 15.0. The summed E-state index contributed by atoms with van der Waals surface area (Å²) in [6, 6.07) is 0. The summed E-state index contributed by atoms with van der Waals surface area (Å²) < 4.78 is 6.26. The van der Waals surface area contributed by atoms with Crippen LogP contribution >= 0.6 is 11.8 Å². The van der Waals surface area contributed by atoms with Gasteiger partial charge in [0, 0.05) is 11.7 Å². The Morgan fingerprint density at radius 1 is 0.917 bits per heavy atom. The van der Waals surface area contributed by atoms with E-state index in [1.54, 1.807) is 0 Å². The molecule has 2 aliphatic heterocycles. The molecule has 3 fully saturated rings. The first-order chi connectivity index (χ1) is 11.7. The summed E-state index contributed by atoms with van der Waals surface area (Å²) in [5.74, 6) is 2.22. The molecule has 4 atom stereocenters. The maximum absolute atomic E-state index is 10.6. The monoisotopic (exact) mass is 354 g/mol. The van der Waals surface area contributed by atoms with Crippen LogP contribution in [0.1, 0.15) is 83.5 Å². The second-order valence-corrected chi connectivity index (χ2v) is 9.39. The van der Waals surface area contributed by atoms with Crippen molar-refractivity contribution < 1.29 is 14.6 Å². The molecule has 3 rings (SSSR count). The number of aliphatic carboxylic acids is 1. The summed E-state index contributed by atoms with van der Waals surface area (Å²) in [6.07, 6.45) is 16.8. The average Bonchev–Trinajstić information content (AvgIpc) is 3.18. The molecule has 0 amide bonds. The van der Waals surface area contributed by atoms with Crippen LogP contribution in [0, 0.1) is 11.8 Å². The van der Waals surface area contributed by atoms with Crippen LogP contribution in [0.2, 0.25) is 0 Å². The van der Waals surface area contributed by atoms with Crippen LogP contribution in [0.4, 0.5) is 0 Å². The first kappa shape index (κ1) is 18.6. The molecule has 3 aliphatic rings. The van der Waals surface area contributed by atoms with Crippen molar-refractivity contribution in [2.45, 2.75) is 101 Å². The lowest BCUT2D eigenvalue weighted by molar-refractivity contribution is -0.137. The van der Waals surface area contributed by atoms with Crippen molar-refractivity contribution in [2.75, 3.05) is 5.75 Å². The Balaban J connectivity index is 1.37. The number of fused-ring (bicyclic) bond motifs is 2. The second-order valence-electron chi connectivity index (χ2n) is 8.06. The van der Waals surface area contributed by atoms with Crippen molar-refractivity contribution >= 4 is 17.7 Å². The van der Waals surface area contributed by atoms with Crippen LogP contribution in [0.15, 0.2) is 0 Å². The van der Waals surface area contributed by atoms with Gasteiger partial charge in [-0.05, 0) is 56.1 Å². The Kier molecular flexibility index (Phi) is 7.33. The molecule has 1 aliphatic carbocycles. The SMILES string of the molecule is O=C(O)CCCCCC[C@@H]1[C@H](CSC2CCCCC2)[C@@H]2CC[C@H]1O2. The summed E-state index contributed by atoms with van der Waals surface area (Å²) in [6.45, 7) is 0. The standard InChI is InChI=1S/C20H34O3S/c21-20(22)11-7-2-1-6-10-16-17(19-13-12-18(16)23-19)14-24-15-8-4-3-5-9-15/h15-19H,1-14H2,(H,21,22)/t16-,17+,18-,19+/m1/s1. The van der Waals surface area contributed by atoms with Gasteiger partial charge in [0.2, 0.25) is 0 Å². The van der Waals surface area contributed by atoms with E-state index in [1.807, 2.05) is 0 Å². The third-order valence-electron chi connectivity index (χ3n) is 6.34. The predicted octanol–water partition coefficient (Wildman–Crippen LogP) is 5.27. The van der Waals surface area contributed by atoms with Gasteiger partial charge in [-0.3, -0.25) is 4.79 Å². The number of carboxylic acid groups (broad SMARTS) is 1. The van der Waals surface area contributed by atoms with Crippen LogP contribution in [-0.4, -0.2) is 34.3 Å². The number of ether oxygens (including phenoxy) is 1. The van der Waals surface area contributed by atoms with Crippen LogP contribution in [0.5, 0.6) is 0 Å². The maximum atomic E-state index is 10.6. The summed E-state index contributed by atoms with van der Waals surface area (Å²) >= 11 is 2.24. The summed E-state index contributed by atoms with van der Waals surface area (Å²) in [7, 11) is 0. The van der Waals surface area contributed by atoms with E-state index < -0.39 is 5.97 Å². The van der Waals surface area contributed by atoms with Crippen LogP contribution in [-0.2, 0) is 9.53 Å². The molecule has 4 heteroatoms. The van der Waals surface area contributed by atoms with Crippen molar-refractivity contribution in [3.63, 3.8) is 0 Å². The highest BCUT2D eigenvalue weighted by Gasteiger charge is 2.48. The van der Waals surface area contributed by atoms with Crippen LogP contribution in [0.25, 0.3) is 0 Å². The number of hydrogen-bond donors (Lipinski definition) is 1. The first-order valence-corrected chi connectivity index (χ1v) is 11.3. The van der Waals surface area contributed by atoms with Crippen molar-refractivity contribution in [3.8, 4) is 0 Å². The molecule has 0 unspecified atom stereocenters. The van der Waals surface area contributed by atoms with E-state index in [9.17, 15) is 4.79 Å².